The van der Waals surface area contributed by atoms with Gasteiger partial charge in [-0.05, 0) is 51.9 Å². The van der Waals surface area contributed by atoms with Crippen LogP contribution in [0.5, 0.6) is 0 Å². The molecule has 3 rings (SSSR count). The van der Waals surface area contributed by atoms with Gasteiger partial charge in [-0.1, -0.05) is 12.8 Å². The number of amides is 1. The van der Waals surface area contributed by atoms with Gasteiger partial charge in [0, 0.05) is 19.6 Å². The number of hydrogen-bond acceptors (Lipinski definition) is 3. The smallest absolute Gasteiger partial charge is 0.239 e. The normalized spacial score (nSPS) is 30.0. The van der Waals surface area contributed by atoms with Gasteiger partial charge in [-0.2, -0.15) is 0 Å². The van der Waals surface area contributed by atoms with Crippen molar-refractivity contribution in [2.75, 3.05) is 19.6 Å². The summed E-state index contributed by atoms with van der Waals surface area (Å²) in [6.07, 6.45) is 11.4. The van der Waals surface area contributed by atoms with Gasteiger partial charge in [0.2, 0.25) is 5.91 Å². The van der Waals surface area contributed by atoms with Gasteiger partial charge in [-0.15, -0.1) is 0 Å². The lowest BCUT2D eigenvalue weighted by atomic mass is 9.98. The van der Waals surface area contributed by atoms with E-state index in [-0.39, 0.29) is 17.6 Å². The molecule has 4 heteroatoms. The number of rotatable bonds is 4. The monoisotopic (exact) mass is 294 g/mol. The van der Waals surface area contributed by atoms with Crippen LogP contribution >= 0.6 is 0 Å². The van der Waals surface area contributed by atoms with Crippen LogP contribution in [0.4, 0.5) is 0 Å². The number of piperidine rings is 1. The molecule has 2 aliphatic heterocycles. The predicted molar refractivity (Wildman–Crippen MR) is 83.2 cm³/mol. The molecule has 120 valence electrons. The highest BCUT2D eigenvalue weighted by atomic mass is 16.5. The van der Waals surface area contributed by atoms with Crippen LogP contribution in [0.1, 0.15) is 64.7 Å². The maximum Gasteiger partial charge on any atom is 0.239 e. The Bertz CT molecular complexity index is 360. The third-order valence-electron chi connectivity index (χ3n) is 5.54. The van der Waals surface area contributed by atoms with E-state index < -0.39 is 0 Å². The molecule has 0 aromatic heterocycles. The van der Waals surface area contributed by atoms with E-state index in [1.807, 2.05) is 11.8 Å². The van der Waals surface area contributed by atoms with Gasteiger partial charge in [0.15, 0.2) is 0 Å². The highest BCUT2D eigenvalue weighted by Crippen LogP contribution is 2.43. The van der Waals surface area contributed by atoms with E-state index in [0.717, 1.165) is 38.9 Å². The summed E-state index contributed by atoms with van der Waals surface area (Å²) in [4.78, 5) is 14.4. The van der Waals surface area contributed by atoms with E-state index in [0.29, 0.717) is 6.10 Å². The second-order valence-corrected chi connectivity index (χ2v) is 7.18. The second-order valence-electron chi connectivity index (χ2n) is 7.18. The van der Waals surface area contributed by atoms with E-state index in [9.17, 15) is 4.79 Å². The highest BCUT2D eigenvalue weighted by molar-refractivity contribution is 5.81. The Hall–Kier alpha value is -0.610. The van der Waals surface area contributed by atoms with Crippen LogP contribution < -0.4 is 5.32 Å². The summed E-state index contributed by atoms with van der Waals surface area (Å²) in [5.41, 5.74) is 0.201. The first-order valence-electron chi connectivity index (χ1n) is 8.89. The Labute approximate surface area is 128 Å². The number of carbonyl (C=O) groups is 1. The largest absolute Gasteiger partial charge is 0.370 e. The van der Waals surface area contributed by atoms with Crippen molar-refractivity contribution in [3.8, 4) is 0 Å². The lowest BCUT2D eigenvalue weighted by Gasteiger charge is -2.30. The number of nitrogens with zero attached hydrogens (tertiary/aromatic N) is 1. The SMILES string of the molecule is CC(NCC1CCC2(CCCC2)O1)C(=O)N1CCCCC1. The summed E-state index contributed by atoms with van der Waals surface area (Å²) < 4.78 is 6.30. The first-order valence-corrected chi connectivity index (χ1v) is 8.89. The molecule has 1 saturated carbocycles. The van der Waals surface area contributed by atoms with Crippen LogP contribution in [0.2, 0.25) is 0 Å². The number of nitrogens with one attached hydrogen (secondary N) is 1. The van der Waals surface area contributed by atoms with Crippen LogP contribution in [-0.2, 0) is 9.53 Å². The summed E-state index contributed by atoms with van der Waals surface area (Å²) in [6.45, 7) is 4.70. The van der Waals surface area contributed by atoms with Crippen molar-refractivity contribution in [3.05, 3.63) is 0 Å². The van der Waals surface area contributed by atoms with Crippen molar-refractivity contribution in [3.63, 3.8) is 0 Å². The van der Waals surface area contributed by atoms with Gasteiger partial charge in [-0.3, -0.25) is 4.79 Å². The third-order valence-corrected chi connectivity index (χ3v) is 5.54. The Morgan fingerprint density at radius 2 is 1.90 bits per heavy atom. The highest BCUT2D eigenvalue weighted by Gasteiger charge is 2.42. The number of hydrogen-bond donors (Lipinski definition) is 1. The predicted octanol–water partition coefficient (Wildman–Crippen LogP) is 2.47. The molecule has 1 aliphatic carbocycles. The fourth-order valence-electron chi connectivity index (χ4n) is 4.21. The first kappa shape index (κ1) is 15.3. The second kappa shape index (κ2) is 6.66. The number of ether oxygens (including phenoxy) is 1. The van der Waals surface area contributed by atoms with Crippen LogP contribution in [0, 0.1) is 0 Å². The molecule has 2 saturated heterocycles. The maximum atomic E-state index is 12.4. The Balaban J connectivity index is 1.41. The molecule has 3 fully saturated rings. The van der Waals surface area contributed by atoms with E-state index in [2.05, 4.69) is 5.32 Å². The quantitative estimate of drug-likeness (QED) is 0.866. The zero-order valence-corrected chi connectivity index (χ0v) is 13.4. The van der Waals surface area contributed by atoms with Crippen LogP contribution in [-0.4, -0.2) is 48.2 Å². The molecule has 1 N–H and O–H groups in total. The fourth-order valence-corrected chi connectivity index (χ4v) is 4.21. The summed E-state index contributed by atoms with van der Waals surface area (Å²) in [5.74, 6) is 0.267. The topological polar surface area (TPSA) is 41.6 Å². The maximum absolute atomic E-state index is 12.4. The number of likely N-dealkylation sites (tertiary alicyclic amines) is 1. The number of carbonyl (C=O) groups excluding carboxylic acids is 1. The molecule has 2 atom stereocenters. The minimum absolute atomic E-state index is 0.0770. The van der Waals surface area contributed by atoms with Gasteiger partial charge in [-0.25, -0.2) is 0 Å². The summed E-state index contributed by atoms with van der Waals surface area (Å²) in [5, 5.41) is 3.41. The molecule has 0 radical (unpaired) electrons. The van der Waals surface area contributed by atoms with Crippen molar-refractivity contribution in [1.29, 1.82) is 0 Å². The van der Waals surface area contributed by atoms with Gasteiger partial charge in [0.25, 0.3) is 0 Å². The molecular formula is C17H30N2O2. The third kappa shape index (κ3) is 3.59. The summed E-state index contributed by atoms with van der Waals surface area (Å²) >= 11 is 0. The van der Waals surface area contributed by atoms with Crippen molar-refractivity contribution in [2.45, 2.75) is 82.5 Å². The van der Waals surface area contributed by atoms with Crippen molar-refractivity contribution >= 4 is 5.91 Å². The molecule has 2 unspecified atom stereocenters. The van der Waals surface area contributed by atoms with E-state index >= 15 is 0 Å². The van der Waals surface area contributed by atoms with Gasteiger partial charge in [0.05, 0.1) is 17.7 Å². The minimum Gasteiger partial charge on any atom is -0.370 e. The zero-order valence-electron chi connectivity index (χ0n) is 13.4. The average Bonchev–Trinajstić information content (AvgIpc) is 3.15. The zero-order chi connectivity index (χ0) is 14.7. The summed E-state index contributed by atoms with van der Waals surface area (Å²) in [6, 6.07) is -0.0770. The molecule has 21 heavy (non-hydrogen) atoms. The van der Waals surface area contributed by atoms with Crippen LogP contribution in [0.3, 0.4) is 0 Å². The molecule has 0 aromatic carbocycles. The van der Waals surface area contributed by atoms with Crippen molar-refractivity contribution in [2.24, 2.45) is 0 Å². The van der Waals surface area contributed by atoms with Crippen LogP contribution in [0.25, 0.3) is 0 Å². The molecule has 2 heterocycles. The molecule has 4 nitrogen and oxygen atoms in total. The lowest BCUT2D eigenvalue weighted by Crippen LogP contribution is -2.48. The lowest BCUT2D eigenvalue weighted by molar-refractivity contribution is -0.134. The Kier molecular flexibility index (Phi) is 4.85. The minimum atomic E-state index is -0.0770. The summed E-state index contributed by atoms with van der Waals surface area (Å²) in [7, 11) is 0. The van der Waals surface area contributed by atoms with Crippen LogP contribution in [0.15, 0.2) is 0 Å². The Morgan fingerprint density at radius 3 is 2.62 bits per heavy atom. The van der Waals surface area contributed by atoms with Gasteiger partial charge < -0.3 is 15.0 Å². The molecule has 0 bridgehead atoms. The fraction of sp³-hybridized carbons (Fsp3) is 0.941. The van der Waals surface area contributed by atoms with E-state index in [4.69, 9.17) is 4.74 Å². The average molecular weight is 294 g/mol. The molecule has 1 spiro atoms. The Morgan fingerprint density at radius 1 is 1.19 bits per heavy atom. The van der Waals surface area contributed by atoms with Gasteiger partial charge in [0.1, 0.15) is 0 Å². The molecule has 0 aromatic rings. The van der Waals surface area contributed by atoms with Gasteiger partial charge >= 0.3 is 0 Å². The van der Waals surface area contributed by atoms with Crippen molar-refractivity contribution < 1.29 is 9.53 Å². The molecule has 1 amide bonds. The van der Waals surface area contributed by atoms with E-state index in [1.54, 1.807) is 0 Å². The van der Waals surface area contributed by atoms with Crippen molar-refractivity contribution in [1.82, 2.24) is 10.2 Å². The first-order chi connectivity index (χ1) is 10.2. The molecular weight excluding hydrogens is 264 g/mol. The molecule has 3 aliphatic rings. The standard InChI is InChI=1S/C17H30N2O2/c1-14(16(20)19-11-5-2-6-12-19)18-13-15-7-10-17(21-15)8-3-4-9-17/h14-15,18H,2-13H2,1H3. The van der Waals surface area contributed by atoms with E-state index in [1.165, 1.54) is 38.5 Å².